The number of benzene rings is 2. The third-order valence-corrected chi connectivity index (χ3v) is 4.36. The first-order valence-electron chi connectivity index (χ1n) is 9.15. The number of fused-ring (bicyclic) bond motifs is 1. The molecule has 0 saturated heterocycles. The fourth-order valence-corrected chi connectivity index (χ4v) is 3.00. The van der Waals surface area contributed by atoms with E-state index >= 15 is 0 Å². The molecular formula is C21H23N3O4. The maximum absolute atomic E-state index is 12.7. The molecule has 0 aliphatic rings. The Kier molecular flexibility index (Phi) is 5.63. The summed E-state index contributed by atoms with van der Waals surface area (Å²) in [6.07, 6.45) is 0.475. The highest BCUT2D eigenvalue weighted by atomic mass is 16.3. The molecule has 0 aliphatic carbocycles. The Bertz CT molecular complexity index is 1070. The van der Waals surface area contributed by atoms with Crippen LogP contribution in [0.25, 0.3) is 10.8 Å². The summed E-state index contributed by atoms with van der Waals surface area (Å²) in [7, 11) is 0. The molecule has 0 fully saturated rings. The van der Waals surface area contributed by atoms with E-state index in [1.165, 1.54) is 16.8 Å². The van der Waals surface area contributed by atoms with Gasteiger partial charge in [-0.3, -0.25) is 9.59 Å². The van der Waals surface area contributed by atoms with Gasteiger partial charge in [0.15, 0.2) is 17.2 Å². The monoisotopic (exact) mass is 381 g/mol. The minimum Gasteiger partial charge on any atom is -0.504 e. The van der Waals surface area contributed by atoms with E-state index in [9.17, 15) is 19.8 Å². The Morgan fingerprint density at radius 1 is 1.11 bits per heavy atom. The predicted molar refractivity (Wildman–Crippen MR) is 107 cm³/mol. The number of amides is 1. The highest BCUT2D eigenvalue weighted by Gasteiger charge is 2.17. The number of nitrogens with zero attached hydrogens (tertiary/aromatic N) is 2. The van der Waals surface area contributed by atoms with Crippen molar-refractivity contribution in [3.63, 3.8) is 0 Å². The minimum absolute atomic E-state index is 0.184. The molecular weight excluding hydrogens is 358 g/mol. The van der Waals surface area contributed by atoms with Gasteiger partial charge in [-0.05, 0) is 36.1 Å². The molecule has 3 N–H and O–H groups in total. The van der Waals surface area contributed by atoms with E-state index in [1.54, 1.807) is 30.3 Å². The van der Waals surface area contributed by atoms with Crippen molar-refractivity contribution >= 4 is 16.7 Å². The summed E-state index contributed by atoms with van der Waals surface area (Å²) in [4.78, 5) is 25.4. The standard InChI is InChI=1S/C21H23N3O4/c1-13(2)12-24-21(28)16-6-4-3-5-15(16)19(23-24)20(27)22-10-9-14-7-8-17(25)18(26)11-14/h3-8,11,13,25-26H,9-10,12H2,1-2H3,(H,22,27). The van der Waals surface area contributed by atoms with E-state index in [4.69, 9.17) is 0 Å². The second-order valence-corrected chi connectivity index (χ2v) is 7.10. The van der Waals surface area contributed by atoms with E-state index < -0.39 is 0 Å². The quantitative estimate of drug-likeness (QED) is 0.569. The molecule has 1 heterocycles. The molecule has 0 aliphatic heterocycles. The van der Waals surface area contributed by atoms with Gasteiger partial charge in [-0.15, -0.1) is 0 Å². The molecule has 3 aromatic rings. The Morgan fingerprint density at radius 2 is 1.82 bits per heavy atom. The summed E-state index contributed by atoms with van der Waals surface area (Å²) < 4.78 is 1.35. The van der Waals surface area contributed by atoms with Crippen LogP contribution in [0.1, 0.15) is 29.9 Å². The van der Waals surface area contributed by atoms with Gasteiger partial charge in [0.2, 0.25) is 0 Å². The fourth-order valence-electron chi connectivity index (χ4n) is 3.00. The zero-order chi connectivity index (χ0) is 20.3. The number of hydrogen-bond donors (Lipinski definition) is 3. The molecule has 3 rings (SSSR count). The first kappa shape index (κ1) is 19.4. The van der Waals surface area contributed by atoms with Crippen LogP contribution < -0.4 is 10.9 Å². The molecule has 0 unspecified atom stereocenters. The molecule has 7 nitrogen and oxygen atoms in total. The molecule has 0 saturated carbocycles. The van der Waals surface area contributed by atoms with Crippen LogP contribution in [0.3, 0.4) is 0 Å². The maximum Gasteiger partial charge on any atom is 0.274 e. The smallest absolute Gasteiger partial charge is 0.274 e. The first-order chi connectivity index (χ1) is 13.4. The third kappa shape index (κ3) is 4.14. The number of hydrogen-bond acceptors (Lipinski definition) is 5. The maximum atomic E-state index is 12.7. The Labute approximate surface area is 162 Å². The molecule has 0 radical (unpaired) electrons. The fraction of sp³-hybridized carbons (Fsp3) is 0.286. The lowest BCUT2D eigenvalue weighted by atomic mass is 10.1. The van der Waals surface area contributed by atoms with Crippen LogP contribution in [0.2, 0.25) is 0 Å². The lowest BCUT2D eigenvalue weighted by Crippen LogP contribution is -2.32. The van der Waals surface area contributed by atoms with E-state index in [2.05, 4.69) is 10.4 Å². The SMILES string of the molecule is CC(C)Cn1nc(C(=O)NCCc2ccc(O)c(O)c2)c2ccccc2c1=O. The van der Waals surface area contributed by atoms with E-state index in [-0.39, 0.29) is 34.6 Å². The average Bonchev–Trinajstić information content (AvgIpc) is 2.66. The van der Waals surface area contributed by atoms with Crippen molar-refractivity contribution in [1.29, 1.82) is 0 Å². The van der Waals surface area contributed by atoms with Crippen molar-refractivity contribution in [3.8, 4) is 11.5 Å². The molecule has 2 aromatic carbocycles. The summed E-state index contributed by atoms with van der Waals surface area (Å²) in [6.45, 7) is 4.71. The summed E-state index contributed by atoms with van der Waals surface area (Å²) in [5.41, 5.74) is 0.781. The van der Waals surface area contributed by atoms with Crippen LogP contribution in [-0.4, -0.2) is 32.4 Å². The highest BCUT2D eigenvalue weighted by Crippen LogP contribution is 2.24. The van der Waals surface area contributed by atoms with E-state index in [1.807, 2.05) is 13.8 Å². The lowest BCUT2D eigenvalue weighted by molar-refractivity contribution is 0.0948. The van der Waals surface area contributed by atoms with Gasteiger partial charge < -0.3 is 15.5 Å². The van der Waals surface area contributed by atoms with E-state index in [0.29, 0.717) is 30.3 Å². The normalized spacial score (nSPS) is 11.1. The number of aromatic hydroxyl groups is 2. The molecule has 0 spiro atoms. The number of carbonyl (C=O) groups excluding carboxylic acids is 1. The topological polar surface area (TPSA) is 104 Å². The summed E-state index contributed by atoms with van der Waals surface area (Å²) in [6, 6.07) is 11.5. The van der Waals surface area contributed by atoms with E-state index in [0.717, 1.165) is 5.56 Å². The Hall–Kier alpha value is -3.35. The van der Waals surface area contributed by atoms with Crippen molar-refractivity contribution in [2.45, 2.75) is 26.8 Å². The largest absolute Gasteiger partial charge is 0.504 e. The van der Waals surface area contributed by atoms with Crippen LogP contribution in [-0.2, 0) is 13.0 Å². The van der Waals surface area contributed by atoms with Crippen molar-refractivity contribution < 1.29 is 15.0 Å². The molecule has 1 aromatic heterocycles. The number of carbonyl (C=O) groups is 1. The first-order valence-corrected chi connectivity index (χ1v) is 9.15. The molecule has 0 bridgehead atoms. The van der Waals surface area contributed by atoms with Gasteiger partial charge in [0, 0.05) is 18.5 Å². The summed E-state index contributed by atoms with van der Waals surface area (Å²) >= 11 is 0. The van der Waals surface area contributed by atoms with Gasteiger partial charge in [0.25, 0.3) is 11.5 Å². The van der Waals surface area contributed by atoms with Crippen LogP contribution in [0.15, 0.2) is 47.3 Å². The van der Waals surface area contributed by atoms with Crippen LogP contribution in [0.4, 0.5) is 0 Å². The molecule has 0 atom stereocenters. The van der Waals surface area contributed by atoms with Gasteiger partial charge in [0.1, 0.15) is 0 Å². The average molecular weight is 381 g/mol. The third-order valence-electron chi connectivity index (χ3n) is 4.36. The molecule has 28 heavy (non-hydrogen) atoms. The van der Waals surface area contributed by atoms with Gasteiger partial charge in [0.05, 0.1) is 5.39 Å². The number of aromatic nitrogens is 2. The van der Waals surface area contributed by atoms with Crippen molar-refractivity contribution in [3.05, 3.63) is 64.1 Å². The molecule has 1 amide bonds. The highest BCUT2D eigenvalue weighted by molar-refractivity contribution is 6.04. The Balaban J connectivity index is 1.83. The second kappa shape index (κ2) is 8.12. The molecule has 7 heteroatoms. The predicted octanol–water partition coefficient (Wildman–Crippen LogP) is 2.44. The zero-order valence-electron chi connectivity index (χ0n) is 15.8. The van der Waals surface area contributed by atoms with Gasteiger partial charge in [-0.2, -0.15) is 5.10 Å². The van der Waals surface area contributed by atoms with Crippen molar-refractivity contribution in [1.82, 2.24) is 15.1 Å². The summed E-state index contributed by atoms with van der Waals surface area (Å²) in [5.74, 6) is -0.533. The number of phenolic OH excluding ortho intramolecular Hbond substituents is 2. The van der Waals surface area contributed by atoms with Gasteiger partial charge >= 0.3 is 0 Å². The number of nitrogens with one attached hydrogen (secondary N) is 1. The van der Waals surface area contributed by atoms with Crippen LogP contribution in [0.5, 0.6) is 11.5 Å². The lowest BCUT2D eigenvalue weighted by Gasteiger charge is -2.13. The Morgan fingerprint density at radius 3 is 2.50 bits per heavy atom. The second-order valence-electron chi connectivity index (χ2n) is 7.10. The summed E-state index contributed by atoms with van der Waals surface area (Å²) in [5, 5.41) is 27.0. The van der Waals surface area contributed by atoms with Crippen molar-refractivity contribution in [2.75, 3.05) is 6.54 Å². The van der Waals surface area contributed by atoms with Crippen LogP contribution in [0, 0.1) is 5.92 Å². The number of phenols is 2. The van der Waals surface area contributed by atoms with Gasteiger partial charge in [-0.25, -0.2) is 4.68 Å². The van der Waals surface area contributed by atoms with Gasteiger partial charge in [-0.1, -0.05) is 38.1 Å². The minimum atomic E-state index is -0.364. The van der Waals surface area contributed by atoms with Crippen molar-refractivity contribution in [2.24, 2.45) is 5.92 Å². The number of rotatable bonds is 6. The zero-order valence-corrected chi connectivity index (χ0v) is 15.8. The van der Waals surface area contributed by atoms with Crippen LogP contribution >= 0.6 is 0 Å². The molecule has 146 valence electrons.